The van der Waals surface area contributed by atoms with E-state index in [9.17, 15) is 14.9 Å². The number of amides is 1. The predicted molar refractivity (Wildman–Crippen MR) is 149 cm³/mol. The van der Waals surface area contributed by atoms with E-state index < -0.39 is 5.91 Å². The number of nitriles is 1. The number of anilines is 1. The van der Waals surface area contributed by atoms with Crippen LogP contribution in [0.5, 0.6) is 5.75 Å². The van der Waals surface area contributed by atoms with E-state index in [-0.39, 0.29) is 21.9 Å². The summed E-state index contributed by atoms with van der Waals surface area (Å²) in [6.45, 7) is 7.71. The predicted octanol–water partition coefficient (Wildman–Crippen LogP) is 4.44. The number of carbonyl (C=O) groups excluding carboxylic acids is 1. The van der Waals surface area contributed by atoms with E-state index in [1.807, 2.05) is 88.4 Å². The van der Waals surface area contributed by atoms with Crippen LogP contribution in [-0.4, -0.2) is 16.6 Å². The lowest BCUT2D eigenvalue weighted by Crippen LogP contribution is -2.32. The zero-order valence-electron chi connectivity index (χ0n) is 21.1. The van der Waals surface area contributed by atoms with Gasteiger partial charge in [0.25, 0.3) is 11.5 Å². The molecule has 0 aliphatic carbocycles. The number of aryl methyl sites for hydroxylation is 2. The molecule has 6 nitrogen and oxygen atoms in total. The number of hydrogen-bond acceptors (Lipinski definition) is 5. The lowest BCUT2D eigenvalue weighted by molar-refractivity contribution is -0.111. The van der Waals surface area contributed by atoms with E-state index in [1.165, 1.54) is 4.57 Å². The topological polar surface area (TPSA) is 84.1 Å². The molecule has 1 N–H and O–H groups in total. The normalized spacial score (nSPS) is 12.3. The fraction of sp³-hybridized carbons (Fsp3) is 0.167. The molecule has 0 aliphatic heterocycles. The number of nitrogens with one attached hydrogen (secondary N) is 1. The van der Waals surface area contributed by atoms with Crippen molar-refractivity contribution in [3.05, 3.63) is 109 Å². The maximum atomic E-state index is 13.8. The number of nitrogens with zero attached hydrogens (tertiary/aromatic N) is 2. The van der Waals surface area contributed by atoms with Gasteiger partial charge in [-0.25, -0.2) is 0 Å². The molecule has 1 amide bonds. The molecule has 186 valence electrons. The fourth-order valence-electron chi connectivity index (χ4n) is 3.81. The number of carbonyl (C=O) groups is 1. The number of para-hydroxylation sites is 2. The van der Waals surface area contributed by atoms with Gasteiger partial charge in [0.1, 0.15) is 16.5 Å². The molecule has 37 heavy (non-hydrogen) atoms. The first kappa shape index (κ1) is 25.7. The van der Waals surface area contributed by atoms with E-state index >= 15 is 0 Å². The minimum absolute atomic E-state index is 0.0407. The molecule has 0 spiro atoms. The second-order valence-electron chi connectivity index (χ2n) is 8.85. The Morgan fingerprint density at radius 3 is 2.38 bits per heavy atom. The Kier molecular flexibility index (Phi) is 7.71. The monoisotopic (exact) mass is 509 g/mol. The van der Waals surface area contributed by atoms with Crippen molar-refractivity contribution in [1.82, 2.24) is 4.57 Å². The minimum atomic E-state index is -0.579. The summed E-state index contributed by atoms with van der Waals surface area (Å²) < 4.78 is 8.02. The van der Waals surface area contributed by atoms with Gasteiger partial charge in [-0.2, -0.15) is 5.26 Å². The Labute approximate surface area is 219 Å². The second kappa shape index (κ2) is 11.1. The van der Waals surface area contributed by atoms with Crippen LogP contribution in [0.4, 0.5) is 5.69 Å². The van der Waals surface area contributed by atoms with Crippen molar-refractivity contribution in [3.8, 4) is 17.5 Å². The summed E-state index contributed by atoms with van der Waals surface area (Å²) in [7, 11) is 0. The van der Waals surface area contributed by atoms with Crippen LogP contribution in [0.2, 0.25) is 0 Å². The third-order valence-corrected chi connectivity index (χ3v) is 6.70. The van der Waals surface area contributed by atoms with Gasteiger partial charge in [-0.15, -0.1) is 11.3 Å². The number of aromatic nitrogens is 1. The van der Waals surface area contributed by atoms with Crippen LogP contribution in [0.15, 0.2) is 77.6 Å². The first-order valence-electron chi connectivity index (χ1n) is 11.9. The molecule has 0 bridgehead atoms. The van der Waals surface area contributed by atoms with Crippen molar-refractivity contribution in [1.29, 1.82) is 5.26 Å². The van der Waals surface area contributed by atoms with Gasteiger partial charge in [-0.3, -0.25) is 14.2 Å². The average molecular weight is 510 g/mol. The Balaban J connectivity index is 1.97. The Morgan fingerprint density at radius 1 is 1.03 bits per heavy atom. The molecule has 1 aromatic heterocycles. The summed E-state index contributed by atoms with van der Waals surface area (Å²) in [6.07, 6.45) is 1.71. The quantitative estimate of drug-likeness (QED) is 0.416. The van der Waals surface area contributed by atoms with Crippen LogP contribution < -0.4 is 24.8 Å². The van der Waals surface area contributed by atoms with Gasteiger partial charge in [0.15, 0.2) is 5.57 Å². The summed E-state index contributed by atoms with van der Waals surface area (Å²) in [5, 5.41) is 12.8. The minimum Gasteiger partial charge on any atom is -0.490 e. The maximum Gasteiger partial charge on any atom is 0.273 e. The molecule has 0 aliphatic rings. The number of benzene rings is 3. The summed E-state index contributed by atoms with van der Waals surface area (Å²) in [6, 6.07) is 24.2. The molecule has 0 atom stereocenters. The summed E-state index contributed by atoms with van der Waals surface area (Å²) in [5.41, 5.74) is 3.35. The van der Waals surface area contributed by atoms with E-state index in [0.29, 0.717) is 21.7 Å². The van der Waals surface area contributed by atoms with Crippen LogP contribution in [0.25, 0.3) is 17.3 Å². The highest BCUT2D eigenvalue weighted by Gasteiger charge is 2.18. The van der Waals surface area contributed by atoms with Crippen LogP contribution in [-0.2, 0) is 4.79 Å². The molecular formula is C30H27N3O3S. The molecule has 4 aromatic rings. The SMILES string of the molecule is Cc1ccc(NC(=O)/C(C#N)=c2\s/c(=C/c3ccccc3OC(C)C)c(=O)n2-c2ccccc2C)cc1. The van der Waals surface area contributed by atoms with E-state index in [0.717, 1.165) is 28.0 Å². The summed E-state index contributed by atoms with van der Waals surface area (Å²) in [4.78, 5) is 27.0. The first-order valence-corrected chi connectivity index (χ1v) is 12.7. The zero-order chi connectivity index (χ0) is 26.5. The van der Waals surface area contributed by atoms with Gasteiger partial charge < -0.3 is 10.1 Å². The number of ether oxygens (including phenoxy) is 1. The Morgan fingerprint density at radius 2 is 1.70 bits per heavy atom. The third kappa shape index (κ3) is 5.71. The van der Waals surface area contributed by atoms with E-state index in [2.05, 4.69) is 5.32 Å². The third-order valence-electron chi connectivity index (χ3n) is 5.61. The molecule has 0 unspecified atom stereocenters. The van der Waals surface area contributed by atoms with Crippen LogP contribution in [0.3, 0.4) is 0 Å². The number of rotatable bonds is 6. The van der Waals surface area contributed by atoms with Crippen molar-refractivity contribution < 1.29 is 9.53 Å². The molecule has 7 heteroatoms. The number of hydrogen-bond donors (Lipinski definition) is 1. The van der Waals surface area contributed by atoms with Crippen molar-refractivity contribution in [2.75, 3.05) is 5.32 Å². The molecule has 0 saturated carbocycles. The average Bonchev–Trinajstić information content (AvgIpc) is 3.17. The highest BCUT2D eigenvalue weighted by Crippen LogP contribution is 2.20. The smallest absolute Gasteiger partial charge is 0.273 e. The zero-order valence-corrected chi connectivity index (χ0v) is 21.9. The van der Waals surface area contributed by atoms with Gasteiger partial charge >= 0.3 is 0 Å². The van der Waals surface area contributed by atoms with Gasteiger partial charge in [-0.05, 0) is 63.6 Å². The standard InChI is InChI=1S/C30H27N3O3S/c1-19(2)36-26-12-8-6-10-22(26)17-27-29(35)33(25-11-7-5-9-21(25)4)30(37-27)24(18-31)28(34)32-23-15-13-20(3)14-16-23/h5-17,19H,1-4H3,(H,32,34)/b27-17+,30-24-. The largest absolute Gasteiger partial charge is 0.490 e. The molecule has 0 saturated heterocycles. The molecular weight excluding hydrogens is 482 g/mol. The maximum absolute atomic E-state index is 13.8. The first-order chi connectivity index (χ1) is 17.8. The lowest BCUT2D eigenvalue weighted by atomic mass is 10.2. The van der Waals surface area contributed by atoms with Crippen molar-refractivity contribution >= 4 is 34.6 Å². The van der Waals surface area contributed by atoms with Gasteiger partial charge in [0.2, 0.25) is 0 Å². The highest BCUT2D eigenvalue weighted by atomic mass is 32.1. The van der Waals surface area contributed by atoms with E-state index in [4.69, 9.17) is 4.74 Å². The summed E-state index contributed by atoms with van der Waals surface area (Å²) in [5.74, 6) is 0.0703. The molecule has 0 fully saturated rings. The van der Waals surface area contributed by atoms with Crippen molar-refractivity contribution in [2.24, 2.45) is 0 Å². The van der Waals surface area contributed by atoms with Gasteiger partial charge in [0, 0.05) is 11.3 Å². The van der Waals surface area contributed by atoms with Crippen molar-refractivity contribution in [2.45, 2.75) is 33.8 Å². The Bertz CT molecular complexity index is 1670. The highest BCUT2D eigenvalue weighted by molar-refractivity contribution is 7.07. The van der Waals surface area contributed by atoms with Crippen molar-refractivity contribution in [3.63, 3.8) is 0 Å². The molecule has 0 radical (unpaired) electrons. The Hall–Kier alpha value is -4.41. The van der Waals surface area contributed by atoms with E-state index in [1.54, 1.807) is 24.3 Å². The number of thiazole rings is 1. The molecule has 3 aromatic carbocycles. The molecule has 1 heterocycles. The lowest BCUT2D eigenvalue weighted by Gasteiger charge is -2.11. The van der Waals surface area contributed by atoms with Gasteiger partial charge in [0.05, 0.1) is 16.3 Å². The second-order valence-corrected chi connectivity index (χ2v) is 9.88. The fourth-order valence-corrected chi connectivity index (χ4v) is 4.90. The van der Waals surface area contributed by atoms with Crippen LogP contribution in [0, 0.1) is 25.2 Å². The van der Waals surface area contributed by atoms with Crippen LogP contribution >= 0.6 is 11.3 Å². The van der Waals surface area contributed by atoms with Gasteiger partial charge in [-0.1, -0.05) is 54.1 Å². The summed E-state index contributed by atoms with van der Waals surface area (Å²) >= 11 is 1.11. The molecule has 4 rings (SSSR count). The van der Waals surface area contributed by atoms with Crippen LogP contribution in [0.1, 0.15) is 30.5 Å².